The lowest BCUT2D eigenvalue weighted by molar-refractivity contribution is -0.134. The third-order valence-electron chi connectivity index (χ3n) is 3.42. The minimum atomic E-state index is -1.11. The molecule has 0 saturated heterocycles. The van der Waals surface area contributed by atoms with E-state index in [9.17, 15) is 9.59 Å². The maximum absolute atomic E-state index is 12.6. The first-order valence-corrected chi connectivity index (χ1v) is 7.53. The zero-order valence-electron chi connectivity index (χ0n) is 12.9. The van der Waals surface area contributed by atoms with Crippen LogP contribution >= 0.6 is 11.6 Å². The third kappa shape index (κ3) is 4.32. The summed E-state index contributed by atoms with van der Waals surface area (Å²) in [4.78, 5) is 29.1. The fraction of sp³-hybridized carbons (Fsp3) is 0.312. The molecule has 2 aromatic rings. The minimum Gasteiger partial charge on any atom is -0.477 e. The van der Waals surface area contributed by atoms with Crippen LogP contribution in [0.5, 0.6) is 0 Å². The average molecular weight is 336 g/mol. The van der Waals surface area contributed by atoms with E-state index >= 15 is 0 Å². The second-order valence-corrected chi connectivity index (χ2v) is 5.89. The van der Waals surface area contributed by atoms with Gasteiger partial charge >= 0.3 is 5.97 Å². The van der Waals surface area contributed by atoms with Gasteiger partial charge in [-0.15, -0.1) is 0 Å². The minimum absolute atomic E-state index is 0.00943. The summed E-state index contributed by atoms with van der Waals surface area (Å²) in [6, 6.07) is 7.28. The summed E-state index contributed by atoms with van der Waals surface area (Å²) in [5, 5.41) is 9.69. The average Bonchev–Trinajstić information content (AvgIpc) is 2.92. The molecular formula is C16H18ClN3O3. The SMILES string of the molecule is CC(C)N(Cc1cccc(Cl)c1)C(=O)Cn1cncc1C(=O)O. The molecular weight excluding hydrogens is 318 g/mol. The normalized spacial score (nSPS) is 10.8. The van der Waals surface area contributed by atoms with Gasteiger partial charge in [-0.05, 0) is 31.5 Å². The molecule has 0 saturated carbocycles. The number of amides is 1. The predicted octanol–water partition coefficient (Wildman–Crippen LogP) is 2.67. The van der Waals surface area contributed by atoms with Crippen LogP contribution in [0, 0.1) is 0 Å². The number of halogens is 1. The number of aromatic carboxylic acids is 1. The number of nitrogens with zero attached hydrogens (tertiary/aromatic N) is 3. The highest BCUT2D eigenvalue weighted by molar-refractivity contribution is 6.30. The van der Waals surface area contributed by atoms with Gasteiger partial charge < -0.3 is 14.6 Å². The molecule has 1 heterocycles. The van der Waals surface area contributed by atoms with Crippen LogP contribution in [-0.2, 0) is 17.9 Å². The molecule has 23 heavy (non-hydrogen) atoms. The standard InChI is InChI=1S/C16H18ClN3O3/c1-11(2)20(8-12-4-3-5-13(17)6-12)15(21)9-19-10-18-7-14(19)16(22)23/h3-7,10-11H,8-9H2,1-2H3,(H,22,23). The number of carbonyl (C=O) groups excluding carboxylic acids is 1. The van der Waals surface area contributed by atoms with Crippen molar-refractivity contribution in [3.8, 4) is 0 Å². The van der Waals surface area contributed by atoms with E-state index in [0.29, 0.717) is 11.6 Å². The summed E-state index contributed by atoms with van der Waals surface area (Å²) in [5.74, 6) is -1.29. The summed E-state index contributed by atoms with van der Waals surface area (Å²) in [6.07, 6.45) is 2.57. The Labute approximate surface area is 139 Å². The van der Waals surface area contributed by atoms with E-state index < -0.39 is 5.97 Å². The zero-order valence-corrected chi connectivity index (χ0v) is 13.7. The van der Waals surface area contributed by atoms with E-state index in [1.165, 1.54) is 17.1 Å². The number of hydrogen-bond donors (Lipinski definition) is 1. The third-order valence-corrected chi connectivity index (χ3v) is 3.66. The summed E-state index contributed by atoms with van der Waals surface area (Å²) < 4.78 is 1.33. The molecule has 2 rings (SSSR count). The molecule has 0 spiro atoms. The smallest absolute Gasteiger partial charge is 0.354 e. The number of rotatable bonds is 6. The van der Waals surface area contributed by atoms with Gasteiger partial charge in [-0.1, -0.05) is 23.7 Å². The van der Waals surface area contributed by atoms with Crippen LogP contribution in [0.1, 0.15) is 29.9 Å². The van der Waals surface area contributed by atoms with Crippen molar-refractivity contribution in [2.24, 2.45) is 0 Å². The Kier molecular flexibility index (Phi) is 5.39. The fourth-order valence-corrected chi connectivity index (χ4v) is 2.47. The first-order chi connectivity index (χ1) is 10.9. The highest BCUT2D eigenvalue weighted by atomic mass is 35.5. The summed E-state index contributed by atoms with van der Waals surface area (Å²) in [5.41, 5.74) is 0.911. The molecule has 0 aliphatic rings. The molecule has 0 radical (unpaired) electrons. The van der Waals surface area contributed by atoms with Gasteiger partial charge in [0.1, 0.15) is 12.2 Å². The van der Waals surface area contributed by atoms with Gasteiger partial charge in [0.25, 0.3) is 0 Å². The van der Waals surface area contributed by atoms with E-state index in [1.807, 2.05) is 32.0 Å². The van der Waals surface area contributed by atoms with Gasteiger partial charge in [-0.25, -0.2) is 9.78 Å². The molecule has 0 aliphatic carbocycles. The first-order valence-electron chi connectivity index (χ1n) is 7.16. The van der Waals surface area contributed by atoms with Gasteiger partial charge in [0.2, 0.25) is 5.91 Å². The zero-order chi connectivity index (χ0) is 17.0. The Morgan fingerprint density at radius 3 is 2.74 bits per heavy atom. The Bertz CT molecular complexity index is 712. The van der Waals surface area contributed by atoms with Crippen LogP contribution < -0.4 is 0 Å². The Morgan fingerprint density at radius 1 is 1.39 bits per heavy atom. The van der Waals surface area contributed by atoms with Crippen molar-refractivity contribution in [3.05, 3.63) is 53.1 Å². The van der Waals surface area contributed by atoms with Crippen LogP contribution in [-0.4, -0.2) is 37.5 Å². The summed E-state index contributed by atoms with van der Waals surface area (Å²) in [6.45, 7) is 4.16. The molecule has 1 amide bonds. The lowest BCUT2D eigenvalue weighted by atomic mass is 10.2. The number of imidazole rings is 1. The van der Waals surface area contributed by atoms with Crippen molar-refractivity contribution >= 4 is 23.5 Å². The number of hydrogen-bond acceptors (Lipinski definition) is 3. The van der Waals surface area contributed by atoms with E-state index in [4.69, 9.17) is 16.7 Å². The van der Waals surface area contributed by atoms with E-state index in [-0.39, 0.29) is 24.2 Å². The summed E-state index contributed by atoms with van der Waals surface area (Å²) >= 11 is 5.98. The summed E-state index contributed by atoms with van der Waals surface area (Å²) in [7, 11) is 0. The van der Waals surface area contributed by atoms with Gasteiger partial charge in [0.15, 0.2) is 0 Å². The molecule has 0 unspecified atom stereocenters. The van der Waals surface area contributed by atoms with E-state index in [0.717, 1.165) is 5.56 Å². The molecule has 0 atom stereocenters. The van der Waals surface area contributed by atoms with Crippen molar-refractivity contribution in [3.63, 3.8) is 0 Å². The van der Waals surface area contributed by atoms with Crippen molar-refractivity contribution in [2.75, 3.05) is 0 Å². The van der Waals surface area contributed by atoms with Gasteiger partial charge in [-0.2, -0.15) is 0 Å². The highest BCUT2D eigenvalue weighted by Gasteiger charge is 2.20. The Morgan fingerprint density at radius 2 is 2.13 bits per heavy atom. The number of benzene rings is 1. The highest BCUT2D eigenvalue weighted by Crippen LogP contribution is 2.15. The van der Waals surface area contributed by atoms with Crippen molar-refractivity contribution in [1.29, 1.82) is 0 Å². The molecule has 0 fully saturated rings. The number of carbonyl (C=O) groups is 2. The Balaban J connectivity index is 2.15. The van der Waals surface area contributed by atoms with Crippen LogP contribution in [0.2, 0.25) is 5.02 Å². The topological polar surface area (TPSA) is 75.4 Å². The molecule has 7 heteroatoms. The quantitative estimate of drug-likeness (QED) is 0.880. The number of carboxylic acids is 1. The van der Waals surface area contributed by atoms with Crippen LogP contribution in [0.15, 0.2) is 36.8 Å². The van der Waals surface area contributed by atoms with Gasteiger partial charge in [0.05, 0.1) is 12.5 Å². The number of aromatic nitrogens is 2. The second-order valence-electron chi connectivity index (χ2n) is 5.46. The first kappa shape index (κ1) is 17.0. The Hall–Kier alpha value is -2.34. The molecule has 0 aliphatic heterocycles. The van der Waals surface area contributed by atoms with E-state index in [1.54, 1.807) is 11.0 Å². The van der Waals surface area contributed by atoms with Crippen molar-refractivity contribution in [1.82, 2.24) is 14.5 Å². The maximum atomic E-state index is 12.6. The maximum Gasteiger partial charge on any atom is 0.354 e. The van der Waals surface area contributed by atoms with Gasteiger partial charge in [-0.3, -0.25) is 4.79 Å². The molecule has 0 bridgehead atoms. The largest absolute Gasteiger partial charge is 0.477 e. The molecule has 1 aromatic heterocycles. The molecule has 1 N–H and O–H groups in total. The molecule has 122 valence electrons. The predicted molar refractivity (Wildman–Crippen MR) is 86.3 cm³/mol. The van der Waals surface area contributed by atoms with Crippen molar-refractivity contribution in [2.45, 2.75) is 33.0 Å². The van der Waals surface area contributed by atoms with Crippen LogP contribution in [0.3, 0.4) is 0 Å². The van der Waals surface area contributed by atoms with Crippen molar-refractivity contribution < 1.29 is 14.7 Å². The molecule has 1 aromatic carbocycles. The van der Waals surface area contributed by atoms with E-state index in [2.05, 4.69) is 4.98 Å². The van der Waals surface area contributed by atoms with Crippen LogP contribution in [0.4, 0.5) is 0 Å². The fourth-order valence-electron chi connectivity index (χ4n) is 2.25. The number of carboxylic acid groups (broad SMARTS) is 1. The molecule has 6 nitrogen and oxygen atoms in total. The monoisotopic (exact) mass is 335 g/mol. The van der Waals surface area contributed by atoms with Crippen LogP contribution in [0.25, 0.3) is 0 Å². The lowest BCUT2D eigenvalue weighted by Gasteiger charge is -2.27. The second kappa shape index (κ2) is 7.28. The lowest BCUT2D eigenvalue weighted by Crippen LogP contribution is -2.38. The van der Waals surface area contributed by atoms with Gasteiger partial charge in [0, 0.05) is 17.6 Å².